The first kappa shape index (κ1) is 21.5. The molecule has 0 saturated heterocycles. The first-order valence-corrected chi connectivity index (χ1v) is 5.93. The first-order valence-electron chi connectivity index (χ1n) is 5.93. The van der Waals surface area contributed by atoms with Gasteiger partial charge in [-0.3, -0.25) is 9.59 Å². The van der Waals surface area contributed by atoms with Crippen LogP contribution in [0.5, 0.6) is 0 Å². The number of nitrogens with one attached hydrogen (secondary N) is 1. The van der Waals surface area contributed by atoms with E-state index in [9.17, 15) is 14.4 Å². The molecule has 0 unspecified atom stereocenters. The van der Waals surface area contributed by atoms with E-state index in [2.05, 4.69) is 10.3 Å². The summed E-state index contributed by atoms with van der Waals surface area (Å²) in [5.74, 6) is -0.944. The number of carbonyl (C=O) groups excluding carboxylic acids is 3. The van der Waals surface area contributed by atoms with Crippen LogP contribution < -0.4 is 5.48 Å². The fourth-order valence-electron chi connectivity index (χ4n) is 1.10. The predicted molar refractivity (Wildman–Crippen MR) is 71.6 cm³/mol. The predicted octanol–water partition coefficient (Wildman–Crippen LogP) is 0.487. The van der Waals surface area contributed by atoms with E-state index in [1.807, 2.05) is 0 Å². The molecule has 0 bridgehead atoms. The summed E-state index contributed by atoms with van der Waals surface area (Å²) < 4.78 is 5.00. The van der Waals surface area contributed by atoms with Gasteiger partial charge in [0.25, 0.3) is 0 Å². The molecule has 0 rings (SSSR count). The first-order chi connectivity index (χ1) is 8.35. The van der Waals surface area contributed by atoms with Gasteiger partial charge in [0.05, 0.1) is 0 Å². The number of hydrogen-bond acceptors (Lipinski definition) is 6. The number of unbranched alkanes of at least 4 members (excludes halogenated alkanes) is 2. The van der Waals surface area contributed by atoms with Crippen LogP contribution in [0.25, 0.3) is 0 Å². The maximum atomic E-state index is 11.2. The van der Waals surface area contributed by atoms with Gasteiger partial charge < -0.3 is 14.4 Å². The molecule has 0 spiro atoms. The molecule has 19 heavy (non-hydrogen) atoms. The van der Waals surface area contributed by atoms with E-state index < -0.39 is 17.5 Å². The van der Waals surface area contributed by atoms with Gasteiger partial charge in [-0.2, -0.15) is 0 Å². The summed E-state index contributed by atoms with van der Waals surface area (Å²) in [6.45, 7) is 5.08. The van der Waals surface area contributed by atoms with Gasteiger partial charge in [-0.05, 0) is 33.6 Å². The molecule has 6 nitrogen and oxygen atoms in total. The van der Waals surface area contributed by atoms with E-state index in [0.717, 1.165) is 6.29 Å². The van der Waals surface area contributed by atoms with Crippen LogP contribution in [0.4, 0.5) is 0 Å². The monoisotopic (exact) mass is 299 g/mol. The second-order valence-electron chi connectivity index (χ2n) is 4.79. The summed E-state index contributed by atoms with van der Waals surface area (Å²) in [5.41, 5.74) is 1.70. The van der Waals surface area contributed by atoms with Gasteiger partial charge in [0, 0.05) is 12.8 Å². The molecule has 0 aromatic carbocycles. The molecule has 0 fully saturated rings. The van der Waals surface area contributed by atoms with Crippen LogP contribution in [0.1, 0.15) is 46.5 Å². The molecule has 0 aliphatic rings. The molecule has 0 heterocycles. The number of hydrogen-bond donors (Lipinski definition) is 1. The molecule has 0 aromatic rings. The molecule has 0 saturated carbocycles. The van der Waals surface area contributed by atoms with E-state index in [-0.39, 0.29) is 64.4 Å². The summed E-state index contributed by atoms with van der Waals surface area (Å²) in [7, 11) is 0. The summed E-state index contributed by atoms with van der Waals surface area (Å²) >= 11 is 0. The minimum atomic E-state index is -0.558. The molecule has 0 atom stereocenters. The molecular weight excluding hydrogens is 277 g/mol. The quantitative estimate of drug-likeness (QED) is 0.231. The third-order valence-electron chi connectivity index (χ3n) is 1.78. The van der Waals surface area contributed by atoms with E-state index in [1.54, 1.807) is 20.8 Å². The third-order valence-corrected chi connectivity index (χ3v) is 1.78. The summed E-state index contributed by atoms with van der Waals surface area (Å²) in [6.07, 6.45) is 2.72. The van der Waals surface area contributed by atoms with Crippen LogP contribution in [-0.2, 0) is 24.0 Å². The van der Waals surface area contributed by atoms with Crippen molar-refractivity contribution in [3.8, 4) is 0 Å². The Morgan fingerprint density at radius 3 is 2.32 bits per heavy atom. The second kappa shape index (κ2) is 12.0. The maximum absolute atomic E-state index is 11.2. The SMILES string of the molecule is CC(C)(C)OC(=O)CNOC(=O)CCCCC=O.[KH]. The van der Waals surface area contributed by atoms with Crippen molar-refractivity contribution < 1.29 is 24.0 Å². The standard InChI is InChI=1S/C12H21NO5.K.H/c1-12(2,3)17-11(16)9-13-18-10(15)7-5-4-6-8-14;;/h8,13H,4-7,9H2,1-3H3;;. The molecule has 0 aromatic heterocycles. The number of aldehydes is 1. The van der Waals surface area contributed by atoms with E-state index in [1.165, 1.54) is 0 Å². The van der Waals surface area contributed by atoms with Crippen molar-refractivity contribution >= 4 is 69.6 Å². The van der Waals surface area contributed by atoms with Crippen LogP contribution in [0.3, 0.4) is 0 Å². The Kier molecular flexibility index (Phi) is 13.6. The number of esters is 1. The number of hydroxylamine groups is 1. The van der Waals surface area contributed by atoms with Gasteiger partial charge in [0.2, 0.25) is 0 Å². The number of carbonyl (C=O) groups is 3. The normalized spacial score (nSPS) is 10.3. The average molecular weight is 299 g/mol. The van der Waals surface area contributed by atoms with E-state index >= 15 is 0 Å². The molecule has 0 radical (unpaired) electrons. The van der Waals surface area contributed by atoms with Gasteiger partial charge in [-0.15, -0.1) is 5.48 Å². The fourth-order valence-corrected chi connectivity index (χ4v) is 1.10. The Morgan fingerprint density at radius 1 is 1.16 bits per heavy atom. The Labute approximate surface area is 156 Å². The zero-order chi connectivity index (χ0) is 14.0. The Bertz CT molecular complexity index is 288. The Hall–Kier alpha value is 0.206. The van der Waals surface area contributed by atoms with Gasteiger partial charge in [0.15, 0.2) is 0 Å². The fraction of sp³-hybridized carbons (Fsp3) is 0.750. The minimum absolute atomic E-state index is 0. The van der Waals surface area contributed by atoms with Gasteiger partial charge in [0.1, 0.15) is 18.4 Å². The van der Waals surface area contributed by atoms with Crippen LogP contribution >= 0.6 is 0 Å². The molecule has 1 N–H and O–H groups in total. The molecule has 0 amide bonds. The van der Waals surface area contributed by atoms with Gasteiger partial charge in [-0.25, -0.2) is 0 Å². The Morgan fingerprint density at radius 2 is 1.79 bits per heavy atom. The third kappa shape index (κ3) is 16.2. The summed E-state index contributed by atoms with van der Waals surface area (Å²) in [5, 5.41) is 0. The molecule has 0 aliphatic heterocycles. The number of rotatable bonds is 8. The van der Waals surface area contributed by atoms with Crippen LogP contribution in [0.15, 0.2) is 0 Å². The van der Waals surface area contributed by atoms with Crippen LogP contribution in [0, 0.1) is 0 Å². The van der Waals surface area contributed by atoms with Crippen molar-refractivity contribution in [2.24, 2.45) is 0 Å². The van der Waals surface area contributed by atoms with Crippen LogP contribution in [-0.4, -0.2) is 81.8 Å². The average Bonchev–Trinajstić information content (AvgIpc) is 2.22. The second-order valence-corrected chi connectivity index (χ2v) is 4.79. The van der Waals surface area contributed by atoms with Crippen molar-refractivity contribution in [1.82, 2.24) is 5.48 Å². The molecule has 106 valence electrons. The van der Waals surface area contributed by atoms with E-state index in [4.69, 9.17) is 4.74 Å². The summed E-state index contributed by atoms with van der Waals surface area (Å²) in [4.78, 5) is 37.0. The van der Waals surface area contributed by atoms with E-state index in [0.29, 0.717) is 19.3 Å². The van der Waals surface area contributed by atoms with Crippen molar-refractivity contribution in [1.29, 1.82) is 0 Å². The van der Waals surface area contributed by atoms with Crippen molar-refractivity contribution in [3.63, 3.8) is 0 Å². The van der Waals surface area contributed by atoms with Crippen molar-refractivity contribution in [2.45, 2.75) is 52.1 Å². The molecular formula is C12H22KNO5. The number of ether oxygens (including phenoxy) is 1. The van der Waals surface area contributed by atoms with Crippen LogP contribution in [0.2, 0.25) is 0 Å². The zero-order valence-corrected chi connectivity index (χ0v) is 11.2. The zero-order valence-electron chi connectivity index (χ0n) is 11.2. The topological polar surface area (TPSA) is 81.7 Å². The van der Waals surface area contributed by atoms with Gasteiger partial charge >= 0.3 is 63.3 Å². The molecule has 0 aliphatic carbocycles. The molecule has 7 heteroatoms. The van der Waals surface area contributed by atoms with Crippen molar-refractivity contribution in [2.75, 3.05) is 6.54 Å². The van der Waals surface area contributed by atoms with Gasteiger partial charge in [-0.1, -0.05) is 0 Å². The Balaban J connectivity index is 0. The van der Waals surface area contributed by atoms with Crippen molar-refractivity contribution in [3.05, 3.63) is 0 Å². The summed E-state index contributed by atoms with van der Waals surface area (Å²) in [6, 6.07) is 0.